The number of benzene rings is 1. The number of nitrogens with one attached hydrogen (secondary N) is 2. The van der Waals surface area contributed by atoms with Gasteiger partial charge in [0.1, 0.15) is 6.54 Å². The van der Waals surface area contributed by atoms with Crippen LogP contribution in [0.25, 0.3) is 0 Å². The maximum atomic E-state index is 12.0. The van der Waals surface area contributed by atoms with Crippen LogP contribution >= 0.6 is 0 Å². The molecule has 0 aromatic heterocycles. The molecule has 0 fully saturated rings. The Morgan fingerprint density at radius 3 is 2.52 bits per heavy atom. The third-order valence-electron chi connectivity index (χ3n) is 2.74. The molecule has 7 nitrogen and oxygen atoms in total. The molecule has 0 heterocycles. The highest BCUT2D eigenvalue weighted by molar-refractivity contribution is 5.94. The monoisotopic (exact) mass is 362 g/mol. The Hall–Kier alpha value is -2.78. The van der Waals surface area contributed by atoms with Gasteiger partial charge >= 0.3 is 18.2 Å². The highest BCUT2D eigenvalue weighted by Crippen LogP contribution is 2.14. The number of hydrogen-bond acceptors (Lipinski definition) is 5. The lowest BCUT2D eigenvalue weighted by Gasteiger charge is -2.15. The van der Waals surface area contributed by atoms with E-state index in [1.807, 2.05) is 0 Å². The molecular weight excluding hydrogens is 345 g/mol. The third-order valence-corrected chi connectivity index (χ3v) is 2.74. The molecule has 0 bridgehead atoms. The molecular formula is C15H17F3N2O5. The summed E-state index contributed by atoms with van der Waals surface area (Å²) in [6, 6.07) is 5.58. The Kier molecular flexibility index (Phi) is 7.22. The van der Waals surface area contributed by atoms with E-state index in [0.717, 1.165) is 6.92 Å². The molecule has 0 saturated heterocycles. The number of halogens is 3. The van der Waals surface area contributed by atoms with Gasteiger partial charge in [0.25, 0.3) is 5.91 Å². The van der Waals surface area contributed by atoms with E-state index < -0.39 is 36.8 Å². The molecule has 0 saturated carbocycles. The molecule has 1 aromatic carbocycles. The average molecular weight is 362 g/mol. The van der Waals surface area contributed by atoms with Gasteiger partial charge in [0.2, 0.25) is 0 Å². The van der Waals surface area contributed by atoms with Crippen molar-refractivity contribution in [3.63, 3.8) is 0 Å². The first-order valence-corrected chi connectivity index (χ1v) is 7.21. The highest BCUT2D eigenvalue weighted by atomic mass is 19.4. The minimum Gasteiger partial charge on any atom is -0.450 e. The summed E-state index contributed by atoms with van der Waals surface area (Å²) < 4.78 is 45.6. The van der Waals surface area contributed by atoms with Crippen LogP contribution in [0.2, 0.25) is 0 Å². The second-order valence-electron chi connectivity index (χ2n) is 4.81. The first kappa shape index (κ1) is 20.3. The lowest BCUT2D eigenvalue weighted by atomic mass is 10.2. The molecule has 25 heavy (non-hydrogen) atoms. The first-order valence-electron chi connectivity index (χ1n) is 7.21. The van der Waals surface area contributed by atoms with Crippen LogP contribution < -0.4 is 10.6 Å². The van der Waals surface area contributed by atoms with E-state index in [0.29, 0.717) is 0 Å². The summed E-state index contributed by atoms with van der Waals surface area (Å²) in [5.74, 6) is -2.01. The molecule has 0 radical (unpaired) electrons. The number of alkyl halides is 3. The molecule has 10 heteroatoms. The van der Waals surface area contributed by atoms with Crippen LogP contribution in [0, 0.1) is 0 Å². The van der Waals surface area contributed by atoms with E-state index in [9.17, 15) is 27.6 Å². The number of carbonyl (C=O) groups is 3. The van der Waals surface area contributed by atoms with Gasteiger partial charge in [0.05, 0.1) is 12.2 Å². The summed E-state index contributed by atoms with van der Waals surface area (Å²) in [6.45, 7) is 1.41. The third kappa shape index (κ3) is 7.55. The lowest BCUT2D eigenvalue weighted by Crippen LogP contribution is -2.40. The Bertz CT molecular complexity index is 634. The molecule has 1 aromatic rings. The molecule has 138 valence electrons. The molecule has 1 rings (SSSR count). The fourth-order valence-corrected chi connectivity index (χ4v) is 1.62. The van der Waals surface area contributed by atoms with E-state index in [1.54, 1.807) is 12.2 Å². The first-order chi connectivity index (χ1) is 11.6. The van der Waals surface area contributed by atoms with E-state index in [2.05, 4.69) is 10.1 Å². The van der Waals surface area contributed by atoms with Gasteiger partial charge in [0.15, 0.2) is 6.10 Å². The maximum absolute atomic E-state index is 12.0. The molecule has 0 spiro atoms. The zero-order chi connectivity index (χ0) is 19.0. The number of amides is 2. The fourth-order valence-electron chi connectivity index (χ4n) is 1.62. The quantitative estimate of drug-likeness (QED) is 0.759. The van der Waals surface area contributed by atoms with Crippen molar-refractivity contribution >= 4 is 23.7 Å². The summed E-state index contributed by atoms with van der Waals surface area (Å²) in [6.07, 6.45) is -6.70. The van der Waals surface area contributed by atoms with Gasteiger partial charge in [-0.15, -0.1) is 0 Å². The zero-order valence-electron chi connectivity index (χ0n) is 13.5. The Morgan fingerprint density at radius 2 is 1.92 bits per heavy atom. The number of rotatable bonds is 6. The molecule has 0 aliphatic carbocycles. The number of esters is 1. The van der Waals surface area contributed by atoms with Crippen molar-refractivity contribution in [1.29, 1.82) is 0 Å². The van der Waals surface area contributed by atoms with Crippen molar-refractivity contribution in [2.75, 3.05) is 18.5 Å². The summed E-state index contributed by atoms with van der Waals surface area (Å²) in [5.41, 5.74) is 0.256. The van der Waals surface area contributed by atoms with Crippen molar-refractivity contribution in [1.82, 2.24) is 5.32 Å². The normalized spacial score (nSPS) is 12.0. The van der Waals surface area contributed by atoms with Gasteiger partial charge in [0, 0.05) is 5.69 Å². The van der Waals surface area contributed by atoms with E-state index in [1.165, 1.54) is 24.3 Å². The summed E-state index contributed by atoms with van der Waals surface area (Å²) >= 11 is 0. The number of carbonyl (C=O) groups excluding carboxylic acids is 3. The number of anilines is 1. The standard InChI is InChI=1S/C15H17F3N2O5/c1-3-24-14(23)20-11-6-4-5-10(7-11)13(22)25-9(2)12(21)19-8-15(16,17)18/h4-7,9H,3,8H2,1-2H3,(H,19,21)(H,20,23)/t9-/m0/s1. The van der Waals surface area contributed by atoms with Gasteiger partial charge in [-0.25, -0.2) is 9.59 Å². The van der Waals surface area contributed by atoms with Gasteiger partial charge < -0.3 is 14.8 Å². The lowest BCUT2D eigenvalue weighted by molar-refractivity contribution is -0.143. The minimum atomic E-state index is -4.56. The summed E-state index contributed by atoms with van der Waals surface area (Å²) in [4.78, 5) is 34.8. The van der Waals surface area contributed by atoms with E-state index in [4.69, 9.17) is 4.74 Å². The van der Waals surface area contributed by atoms with Crippen LogP contribution in [0.5, 0.6) is 0 Å². The van der Waals surface area contributed by atoms with Crippen LogP contribution in [-0.4, -0.2) is 43.4 Å². The minimum absolute atomic E-state index is 0.00442. The fraction of sp³-hybridized carbons (Fsp3) is 0.400. The molecule has 0 aliphatic heterocycles. The van der Waals surface area contributed by atoms with Crippen molar-refractivity contribution in [3.05, 3.63) is 29.8 Å². The second-order valence-corrected chi connectivity index (χ2v) is 4.81. The van der Waals surface area contributed by atoms with Crippen molar-refractivity contribution in [2.24, 2.45) is 0 Å². The Morgan fingerprint density at radius 1 is 1.24 bits per heavy atom. The second kappa shape index (κ2) is 8.90. The smallest absolute Gasteiger partial charge is 0.411 e. The predicted molar refractivity (Wildman–Crippen MR) is 81.0 cm³/mol. The van der Waals surface area contributed by atoms with Crippen molar-refractivity contribution in [2.45, 2.75) is 26.1 Å². The molecule has 0 unspecified atom stereocenters. The van der Waals surface area contributed by atoms with Crippen molar-refractivity contribution < 1.29 is 37.0 Å². The van der Waals surface area contributed by atoms with Crippen molar-refractivity contribution in [3.8, 4) is 0 Å². The van der Waals surface area contributed by atoms with Crippen LogP contribution in [0.15, 0.2) is 24.3 Å². The van der Waals surface area contributed by atoms with Gasteiger partial charge in [-0.1, -0.05) is 6.07 Å². The Labute approximate surface area is 141 Å². The van der Waals surface area contributed by atoms with Crippen LogP contribution in [-0.2, 0) is 14.3 Å². The number of hydrogen-bond donors (Lipinski definition) is 2. The maximum Gasteiger partial charge on any atom is 0.411 e. The Balaban J connectivity index is 2.64. The van der Waals surface area contributed by atoms with Crippen LogP contribution in [0.1, 0.15) is 24.2 Å². The average Bonchev–Trinajstić information content (AvgIpc) is 2.52. The van der Waals surface area contributed by atoms with Gasteiger partial charge in [-0.3, -0.25) is 10.1 Å². The molecule has 0 aliphatic rings. The van der Waals surface area contributed by atoms with Crippen LogP contribution in [0.4, 0.5) is 23.7 Å². The largest absolute Gasteiger partial charge is 0.450 e. The van der Waals surface area contributed by atoms with E-state index in [-0.39, 0.29) is 17.9 Å². The highest BCUT2D eigenvalue weighted by Gasteiger charge is 2.29. The van der Waals surface area contributed by atoms with Crippen LogP contribution in [0.3, 0.4) is 0 Å². The number of ether oxygens (including phenoxy) is 2. The van der Waals surface area contributed by atoms with E-state index >= 15 is 0 Å². The van der Waals surface area contributed by atoms with Gasteiger partial charge in [-0.2, -0.15) is 13.2 Å². The van der Waals surface area contributed by atoms with Gasteiger partial charge in [-0.05, 0) is 32.0 Å². The summed E-state index contributed by atoms with van der Waals surface area (Å²) in [7, 11) is 0. The summed E-state index contributed by atoms with van der Waals surface area (Å²) in [5, 5.41) is 3.99. The molecule has 2 amide bonds. The zero-order valence-corrected chi connectivity index (χ0v) is 13.5. The molecule has 1 atom stereocenters. The molecule has 2 N–H and O–H groups in total. The SMILES string of the molecule is CCOC(=O)Nc1cccc(C(=O)O[C@@H](C)C(=O)NCC(F)(F)F)c1. The predicted octanol–water partition coefficient (Wildman–Crippen LogP) is 2.48. The topological polar surface area (TPSA) is 93.7 Å².